The van der Waals surface area contributed by atoms with Gasteiger partial charge in [-0.2, -0.15) is 0 Å². The molecular weight excluding hydrogens is 412 g/mol. The zero-order chi connectivity index (χ0) is 23.4. The molecule has 0 aliphatic heterocycles. The molecule has 6 heteroatoms. The van der Waals surface area contributed by atoms with Crippen molar-refractivity contribution in [2.45, 2.75) is 33.7 Å². The number of anilines is 1. The highest BCUT2D eigenvalue weighted by Gasteiger charge is 2.15. The molecule has 0 atom stereocenters. The highest BCUT2D eigenvalue weighted by atomic mass is 16.2. The molecule has 6 nitrogen and oxygen atoms in total. The van der Waals surface area contributed by atoms with E-state index in [1.54, 1.807) is 0 Å². The van der Waals surface area contributed by atoms with Gasteiger partial charge in [0.2, 0.25) is 5.91 Å². The minimum atomic E-state index is -0.120. The Morgan fingerprint density at radius 1 is 0.909 bits per heavy atom. The molecule has 0 unspecified atom stereocenters. The third-order valence-corrected chi connectivity index (χ3v) is 5.64. The first-order valence-electron chi connectivity index (χ1n) is 11.1. The van der Waals surface area contributed by atoms with Crippen LogP contribution in [0, 0.1) is 20.8 Å². The maximum Gasteiger partial charge on any atom is 0.251 e. The fourth-order valence-corrected chi connectivity index (χ4v) is 3.87. The summed E-state index contributed by atoms with van der Waals surface area (Å²) in [6.45, 7) is 6.57. The van der Waals surface area contributed by atoms with E-state index in [9.17, 15) is 9.59 Å². The van der Waals surface area contributed by atoms with Gasteiger partial charge in [0, 0.05) is 24.2 Å². The van der Waals surface area contributed by atoms with Crippen molar-refractivity contribution in [2.24, 2.45) is 0 Å². The summed E-state index contributed by atoms with van der Waals surface area (Å²) in [5.74, 6) is 0.525. The number of para-hydroxylation sites is 2. The zero-order valence-electron chi connectivity index (χ0n) is 19.2. The van der Waals surface area contributed by atoms with E-state index in [0.717, 1.165) is 39.2 Å². The van der Waals surface area contributed by atoms with E-state index < -0.39 is 0 Å². The number of benzene rings is 3. The van der Waals surface area contributed by atoms with Crippen molar-refractivity contribution >= 4 is 28.5 Å². The molecule has 2 N–H and O–H groups in total. The Morgan fingerprint density at radius 3 is 2.39 bits per heavy atom. The first-order valence-corrected chi connectivity index (χ1v) is 11.1. The standard InChI is InChI=1S/C27H28N4O2/c1-18-8-11-21(12-9-18)27(33)28-15-14-25-29-23-6-4-5-7-24(23)31(25)17-26(32)30-22-13-10-19(2)16-20(22)3/h4-13,16H,14-15,17H2,1-3H3,(H,28,33)(H,30,32). The van der Waals surface area contributed by atoms with Gasteiger partial charge >= 0.3 is 0 Å². The number of carbonyl (C=O) groups excluding carboxylic acids is 2. The average molecular weight is 441 g/mol. The number of nitrogens with zero attached hydrogens (tertiary/aromatic N) is 2. The van der Waals surface area contributed by atoms with Gasteiger partial charge in [-0.1, -0.05) is 47.5 Å². The topological polar surface area (TPSA) is 76.0 Å². The minimum Gasteiger partial charge on any atom is -0.352 e. The molecule has 0 radical (unpaired) electrons. The van der Waals surface area contributed by atoms with Crippen LogP contribution < -0.4 is 10.6 Å². The predicted octanol–water partition coefficient (Wildman–Crippen LogP) is 4.57. The smallest absolute Gasteiger partial charge is 0.251 e. The van der Waals surface area contributed by atoms with Crippen LogP contribution in [0.4, 0.5) is 5.69 Å². The maximum absolute atomic E-state index is 12.9. The number of imidazole rings is 1. The largest absolute Gasteiger partial charge is 0.352 e. The van der Waals surface area contributed by atoms with Gasteiger partial charge in [-0.3, -0.25) is 9.59 Å². The van der Waals surface area contributed by atoms with Crippen LogP contribution in [-0.4, -0.2) is 27.9 Å². The van der Waals surface area contributed by atoms with Gasteiger partial charge in [-0.05, 0) is 56.7 Å². The van der Waals surface area contributed by atoms with Crippen LogP contribution in [-0.2, 0) is 17.8 Å². The van der Waals surface area contributed by atoms with Gasteiger partial charge in [0.25, 0.3) is 5.91 Å². The highest BCUT2D eigenvalue weighted by molar-refractivity contribution is 5.94. The van der Waals surface area contributed by atoms with Gasteiger partial charge in [0.1, 0.15) is 12.4 Å². The highest BCUT2D eigenvalue weighted by Crippen LogP contribution is 2.19. The summed E-state index contributed by atoms with van der Waals surface area (Å²) >= 11 is 0. The van der Waals surface area contributed by atoms with Gasteiger partial charge < -0.3 is 15.2 Å². The average Bonchev–Trinajstić information content (AvgIpc) is 3.13. The maximum atomic E-state index is 12.9. The predicted molar refractivity (Wildman–Crippen MR) is 131 cm³/mol. The molecule has 33 heavy (non-hydrogen) atoms. The molecule has 0 saturated heterocycles. The zero-order valence-corrected chi connectivity index (χ0v) is 19.2. The number of carbonyl (C=O) groups is 2. The molecule has 0 saturated carbocycles. The first-order chi connectivity index (χ1) is 15.9. The van der Waals surface area contributed by atoms with Crippen molar-refractivity contribution in [3.63, 3.8) is 0 Å². The summed E-state index contributed by atoms with van der Waals surface area (Å²) < 4.78 is 1.92. The summed E-state index contributed by atoms with van der Waals surface area (Å²) in [7, 11) is 0. The Hall–Kier alpha value is -3.93. The second-order valence-corrected chi connectivity index (χ2v) is 8.34. The molecule has 3 aromatic carbocycles. The summed E-state index contributed by atoms with van der Waals surface area (Å²) in [6.07, 6.45) is 0.517. The van der Waals surface area contributed by atoms with E-state index in [1.807, 2.05) is 92.1 Å². The van der Waals surface area contributed by atoms with Gasteiger partial charge in [-0.25, -0.2) is 4.98 Å². The lowest BCUT2D eigenvalue weighted by Gasteiger charge is -2.12. The van der Waals surface area contributed by atoms with E-state index in [0.29, 0.717) is 18.5 Å². The summed E-state index contributed by atoms with van der Waals surface area (Å²) in [4.78, 5) is 30.0. The van der Waals surface area contributed by atoms with Crippen LogP contribution in [0.25, 0.3) is 11.0 Å². The Kier molecular flexibility index (Phi) is 6.54. The minimum absolute atomic E-state index is 0.116. The third-order valence-electron chi connectivity index (χ3n) is 5.64. The molecule has 0 spiro atoms. The second-order valence-electron chi connectivity index (χ2n) is 8.34. The molecular formula is C27H28N4O2. The Labute approximate surface area is 193 Å². The summed E-state index contributed by atoms with van der Waals surface area (Å²) in [6, 6.07) is 21.2. The molecule has 2 amide bonds. The number of rotatable bonds is 7. The Balaban J connectivity index is 1.47. The molecule has 0 fully saturated rings. The molecule has 0 aliphatic rings. The summed E-state index contributed by atoms with van der Waals surface area (Å²) in [5, 5.41) is 5.96. The first kappa shape index (κ1) is 22.3. The van der Waals surface area contributed by atoms with Crippen LogP contribution in [0.1, 0.15) is 32.9 Å². The number of nitrogens with one attached hydrogen (secondary N) is 2. The molecule has 4 aromatic rings. The van der Waals surface area contributed by atoms with Crippen LogP contribution >= 0.6 is 0 Å². The fraction of sp³-hybridized carbons (Fsp3) is 0.222. The quantitative estimate of drug-likeness (QED) is 0.442. The van der Waals surface area contributed by atoms with E-state index in [2.05, 4.69) is 10.6 Å². The summed E-state index contributed by atoms with van der Waals surface area (Å²) in [5.41, 5.74) is 6.45. The van der Waals surface area contributed by atoms with Crippen LogP contribution in [0.2, 0.25) is 0 Å². The molecule has 4 rings (SSSR count). The van der Waals surface area contributed by atoms with Gasteiger partial charge in [0.05, 0.1) is 11.0 Å². The molecule has 1 heterocycles. The molecule has 0 bridgehead atoms. The number of aromatic nitrogens is 2. The number of amides is 2. The van der Waals surface area contributed by atoms with Gasteiger partial charge in [0.15, 0.2) is 0 Å². The van der Waals surface area contributed by atoms with E-state index >= 15 is 0 Å². The van der Waals surface area contributed by atoms with Crippen molar-refractivity contribution in [1.29, 1.82) is 0 Å². The lowest BCUT2D eigenvalue weighted by Crippen LogP contribution is -2.27. The number of aryl methyl sites for hydroxylation is 3. The normalized spacial score (nSPS) is 10.9. The van der Waals surface area contributed by atoms with E-state index in [-0.39, 0.29) is 18.4 Å². The number of hydrogen-bond acceptors (Lipinski definition) is 3. The van der Waals surface area contributed by atoms with Crippen molar-refractivity contribution in [2.75, 3.05) is 11.9 Å². The van der Waals surface area contributed by atoms with Crippen molar-refractivity contribution < 1.29 is 9.59 Å². The van der Waals surface area contributed by atoms with Crippen molar-refractivity contribution in [1.82, 2.24) is 14.9 Å². The van der Waals surface area contributed by atoms with Crippen LogP contribution in [0.15, 0.2) is 66.7 Å². The molecule has 1 aromatic heterocycles. The molecule has 168 valence electrons. The van der Waals surface area contributed by atoms with E-state index in [4.69, 9.17) is 4.98 Å². The lowest BCUT2D eigenvalue weighted by molar-refractivity contribution is -0.116. The third kappa shape index (κ3) is 5.29. The lowest BCUT2D eigenvalue weighted by atomic mass is 10.1. The second kappa shape index (κ2) is 9.69. The van der Waals surface area contributed by atoms with Crippen LogP contribution in [0.3, 0.4) is 0 Å². The Morgan fingerprint density at radius 2 is 1.64 bits per heavy atom. The molecule has 0 aliphatic carbocycles. The van der Waals surface area contributed by atoms with Gasteiger partial charge in [-0.15, -0.1) is 0 Å². The van der Waals surface area contributed by atoms with Crippen molar-refractivity contribution in [3.8, 4) is 0 Å². The monoisotopic (exact) mass is 440 g/mol. The van der Waals surface area contributed by atoms with E-state index in [1.165, 1.54) is 0 Å². The van der Waals surface area contributed by atoms with Crippen molar-refractivity contribution in [3.05, 3.63) is 94.8 Å². The SMILES string of the molecule is Cc1ccc(C(=O)NCCc2nc3ccccc3n2CC(=O)Nc2ccc(C)cc2C)cc1. The van der Waals surface area contributed by atoms with Crippen LogP contribution in [0.5, 0.6) is 0 Å². The Bertz CT molecular complexity index is 1310. The number of fused-ring (bicyclic) bond motifs is 1. The fourth-order valence-electron chi connectivity index (χ4n) is 3.87. The number of hydrogen-bond donors (Lipinski definition) is 2.